The fraction of sp³-hybridized carbons (Fsp3) is 0.606. The van der Waals surface area contributed by atoms with Crippen LogP contribution in [-0.2, 0) is 27.4 Å². The van der Waals surface area contributed by atoms with Crippen LogP contribution in [0.25, 0.3) is 11.2 Å². The van der Waals surface area contributed by atoms with Gasteiger partial charge in [-0.15, -0.1) is 0 Å². The highest BCUT2D eigenvalue weighted by molar-refractivity contribution is 5.81. The van der Waals surface area contributed by atoms with Crippen molar-refractivity contribution in [1.82, 2.24) is 29.3 Å². The minimum Gasteiger partial charge on any atom is -0.481 e. The summed E-state index contributed by atoms with van der Waals surface area (Å²) in [6, 6.07) is 8.13. The van der Waals surface area contributed by atoms with Gasteiger partial charge in [0.2, 0.25) is 0 Å². The molecule has 1 aliphatic heterocycles. The maximum Gasteiger partial charge on any atom is 0.327 e. The van der Waals surface area contributed by atoms with Crippen molar-refractivity contribution in [3.8, 4) is 6.01 Å². The fourth-order valence-electron chi connectivity index (χ4n) is 5.77. The lowest BCUT2D eigenvalue weighted by molar-refractivity contribution is -0.156. The first-order valence-electron chi connectivity index (χ1n) is 16.2. The largest absolute Gasteiger partial charge is 0.481 e. The summed E-state index contributed by atoms with van der Waals surface area (Å²) in [6.07, 6.45) is 4.21. The van der Waals surface area contributed by atoms with E-state index in [0.717, 1.165) is 49.9 Å². The lowest BCUT2D eigenvalue weighted by Crippen LogP contribution is -2.47. The van der Waals surface area contributed by atoms with E-state index in [-0.39, 0.29) is 36.1 Å². The van der Waals surface area contributed by atoms with Crippen LogP contribution in [0.2, 0.25) is 0 Å². The Kier molecular flexibility index (Phi) is 11.8. The number of aryl methyl sites for hydroxylation is 1. The van der Waals surface area contributed by atoms with Crippen molar-refractivity contribution >= 4 is 28.9 Å². The third-order valence-electron chi connectivity index (χ3n) is 8.24. The Morgan fingerprint density at radius 1 is 1.20 bits per heavy atom. The number of aliphatic carboxylic acids is 1. The molecule has 13 heteroatoms. The first-order chi connectivity index (χ1) is 21.8. The molecule has 1 aromatic carbocycles. The van der Waals surface area contributed by atoms with Gasteiger partial charge in [0, 0.05) is 38.8 Å². The van der Waals surface area contributed by atoms with Crippen molar-refractivity contribution in [2.45, 2.75) is 97.4 Å². The first kappa shape index (κ1) is 34.9. The average molecular weight is 640 g/mol. The average Bonchev–Trinajstić information content (AvgIpc) is 3.31. The number of piperidine rings is 1. The van der Waals surface area contributed by atoms with E-state index in [1.807, 2.05) is 45.0 Å². The quantitative estimate of drug-likeness (QED) is 0.163. The van der Waals surface area contributed by atoms with Gasteiger partial charge in [0.05, 0.1) is 19.1 Å². The van der Waals surface area contributed by atoms with Gasteiger partial charge in [-0.25, -0.2) is 4.79 Å². The van der Waals surface area contributed by atoms with Gasteiger partial charge >= 0.3 is 23.6 Å². The minimum absolute atomic E-state index is 0.154. The van der Waals surface area contributed by atoms with Gasteiger partial charge in [-0.1, -0.05) is 37.6 Å². The molecule has 3 heterocycles. The SMILES string of the molecule is CCCCOc1nc(N)c2[nH]c(=O)n(CCCN(Cc3cccc(C(C)C(=O)O)c3)C3CCN(CC(=O)OC(C)(C)C)CC3)c2n1. The zero-order valence-corrected chi connectivity index (χ0v) is 27.8. The summed E-state index contributed by atoms with van der Waals surface area (Å²) >= 11 is 0. The first-order valence-corrected chi connectivity index (χ1v) is 16.2. The van der Waals surface area contributed by atoms with Crippen LogP contribution in [0.3, 0.4) is 0 Å². The number of carboxylic acid groups (broad SMARTS) is 1. The van der Waals surface area contributed by atoms with Gasteiger partial charge in [0.15, 0.2) is 11.5 Å². The number of carbonyl (C=O) groups excluding carboxylic acids is 1. The molecule has 4 rings (SSSR count). The number of anilines is 1. The van der Waals surface area contributed by atoms with Gasteiger partial charge < -0.3 is 25.3 Å². The molecule has 0 spiro atoms. The Morgan fingerprint density at radius 2 is 1.93 bits per heavy atom. The number of unbranched alkanes of at least 4 members (excludes halogenated alkanes) is 1. The minimum atomic E-state index is -0.862. The summed E-state index contributed by atoms with van der Waals surface area (Å²) in [5.41, 5.74) is 7.91. The molecular formula is C33H49N7O6. The number of aromatic amines is 1. The van der Waals surface area contributed by atoms with E-state index in [0.29, 0.717) is 43.8 Å². The van der Waals surface area contributed by atoms with Gasteiger partial charge in [-0.2, -0.15) is 9.97 Å². The summed E-state index contributed by atoms with van der Waals surface area (Å²) in [4.78, 5) is 53.0. The van der Waals surface area contributed by atoms with Crippen LogP contribution < -0.4 is 16.2 Å². The summed E-state index contributed by atoms with van der Waals surface area (Å²) < 4.78 is 12.8. The highest BCUT2D eigenvalue weighted by Crippen LogP contribution is 2.23. The number of hydrogen-bond donors (Lipinski definition) is 3. The van der Waals surface area contributed by atoms with E-state index in [1.54, 1.807) is 11.5 Å². The van der Waals surface area contributed by atoms with Crippen LogP contribution in [0.4, 0.5) is 5.82 Å². The Balaban J connectivity index is 1.48. The molecule has 1 fully saturated rings. The molecule has 3 aromatic rings. The molecule has 0 radical (unpaired) electrons. The molecule has 1 atom stereocenters. The van der Waals surface area contributed by atoms with Gasteiger partial charge in [-0.3, -0.25) is 24.0 Å². The fourth-order valence-corrected chi connectivity index (χ4v) is 5.77. The second kappa shape index (κ2) is 15.5. The van der Waals surface area contributed by atoms with Crippen LogP contribution in [0, 0.1) is 0 Å². The number of nitrogens with two attached hydrogens (primary N) is 1. The van der Waals surface area contributed by atoms with Gasteiger partial charge in [0.1, 0.15) is 11.1 Å². The summed E-state index contributed by atoms with van der Waals surface area (Å²) in [7, 11) is 0. The van der Waals surface area contributed by atoms with Crippen LogP contribution in [-0.4, -0.2) is 90.8 Å². The molecule has 252 valence electrons. The molecule has 0 aliphatic carbocycles. The molecule has 0 saturated carbocycles. The third kappa shape index (κ3) is 9.52. The number of esters is 1. The van der Waals surface area contributed by atoms with Crippen molar-refractivity contribution in [2.75, 3.05) is 38.5 Å². The molecule has 1 saturated heterocycles. The van der Waals surface area contributed by atoms with E-state index < -0.39 is 17.5 Å². The van der Waals surface area contributed by atoms with Crippen LogP contribution >= 0.6 is 0 Å². The van der Waals surface area contributed by atoms with Crippen molar-refractivity contribution in [3.05, 3.63) is 45.9 Å². The highest BCUT2D eigenvalue weighted by Gasteiger charge is 2.27. The molecule has 4 N–H and O–H groups in total. The molecule has 46 heavy (non-hydrogen) atoms. The van der Waals surface area contributed by atoms with Crippen LogP contribution in [0.15, 0.2) is 29.1 Å². The van der Waals surface area contributed by atoms with Crippen molar-refractivity contribution in [3.63, 3.8) is 0 Å². The monoisotopic (exact) mass is 639 g/mol. The highest BCUT2D eigenvalue weighted by atomic mass is 16.6. The number of rotatable bonds is 15. The second-order valence-corrected chi connectivity index (χ2v) is 13.1. The number of benzene rings is 1. The maximum absolute atomic E-state index is 12.9. The predicted octanol–water partition coefficient (Wildman–Crippen LogP) is 3.77. The van der Waals surface area contributed by atoms with Gasteiger partial charge in [0.25, 0.3) is 0 Å². The number of imidazole rings is 1. The Labute approximate surface area is 270 Å². The number of likely N-dealkylation sites (tertiary alicyclic amines) is 1. The van der Waals surface area contributed by atoms with E-state index in [4.69, 9.17) is 15.2 Å². The number of nitrogen functional groups attached to an aromatic ring is 1. The number of nitrogens with one attached hydrogen (secondary N) is 1. The lowest BCUT2D eigenvalue weighted by atomic mass is 9.98. The Bertz CT molecular complexity index is 1540. The predicted molar refractivity (Wildman–Crippen MR) is 176 cm³/mol. The number of nitrogens with zero attached hydrogens (tertiary/aromatic N) is 5. The van der Waals surface area contributed by atoms with E-state index in [1.165, 1.54) is 0 Å². The topological polar surface area (TPSA) is 169 Å². The summed E-state index contributed by atoms with van der Waals surface area (Å²) in [6.45, 7) is 13.3. The smallest absolute Gasteiger partial charge is 0.327 e. The molecule has 1 unspecified atom stereocenters. The van der Waals surface area contributed by atoms with Crippen LogP contribution in [0.1, 0.15) is 83.8 Å². The molecule has 2 aromatic heterocycles. The zero-order chi connectivity index (χ0) is 33.4. The second-order valence-electron chi connectivity index (χ2n) is 13.1. The normalized spacial score (nSPS) is 15.3. The number of aromatic nitrogens is 4. The van der Waals surface area contributed by atoms with E-state index in [2.05, 4.69) is 31.7 Å². The van der Waals surface area contributed by atoms with Gasteiger partial charge in [-0.05, 0) is 64.5 Å². The summed E-state index contributed by atoms with van der Waals surface area (Å²) in [5, 5.41) is 9.55. The Morgan fingerprint density at radius 3 is 2.61 bits per heavy atom. The molecule has 13 nitrogen and oxygen atoms in total. The third-order valence-corrected chi connectivity index (χ3v) is 8.24. The van der Waals surface area contributed by atoms with Crippen molar-refractivity contribution < 1.29 is 24.2 Å². The van der Waals surface area contributed by atoms with Crippen molar-refractivity contribution in [2.24, 2.45) is 0 Å². The molecular weight excluding hydrogens is 590 g/mol. The summed E-state index contributed by atoms with van der Waals surface area (Å²) in [5.74, 6) is -1.52. The number of ether oxygens (including phenoxy) is 2. The maximum atomic E-state index is 12.9. The number of fused-ring (bicyclic) bond motifs is 1. The number of H-pyrrole nitrogens is 1. The number of carboxylic acids is 1. The van der Waals surface area contributed by atoms with Crippen molar-refractivity contribution in [1.29, 1.82) is 0 Å². The van der Waals surface area contributed by atoms with Crippen LogP contribution in [0.5, 0.6) is 6.01 Å². The zero-order valence-electron chi connectivity index (χ0n) is 27.8. The lowest BCUT2D eigenvalue weighted by Gasteiger charge is -2.38. The number of hydrogen-bond acceptors (Lipinski definition) is 10. The van der Waals surface area contributed by atoms with E-state index in [9.17, 15) is 19.5 Å². The van der Waals surface area contributed by atoms with E-state index >= 15 is 0 Å². The number of carbonyl (C=O) groups is 2. The Hall–Kier alpha value is -3.97. The standard InChI is InChI=1S/C33H49N7O6/c1-6-7-18-45-31-36-28(34)27-29(37-31)40(32(44)35-27)15-9-14-39(20-23-10-8-11-24(19-23)22(2)30(42)43)25-12-16-38(17-13-25)21-26(41)46-33(3,4)5/h8,10-11,19,22,25H,6-7,9,12-18,20-21H2,1-5H3,(H,35,44)(H,42,43)(H2,34,36,37). The molecule has 0 amide bonds. The molecule has 1 aliphatic rings. The molecule has 0 bridgehead atoms.